The van der Waals surface area contributed by atoms with Crippen molar-refractivity contribution < 1.29 is 9.53 Å². The largest absolute Gasteiger partial charge is 0.497 e. The predicted molar refractivity (Wildman–Crippen MR) is 104 cm³/mol. The second-order valence-corrected chi connectivity index (χ2v) is 6.88. The molecule has 0 aliphatic rings. The molecule has 0 fully saturated rings. The molecule has 134 valence electrons. The van der Waals surface area contributed by atoms with E-state index in [-0.39, 0.29) is 11.7 Å². The molecule has 0 aliphatic heterocycles. The van der Waals surface area contributed by atoms with Crippen molar-refractivity contribution in [2.75, 3.05) is 18.2 Å². The molecule has 6 nitrogen and oxygen atoms in total. The van der Waals surface area contributed by atoms with Gasteiger partial charge in [0.1, 0.15) is 5.75 Å². The molecule has 3 aromatic rings. The smallest absolute Gasteiger partial charge is 0.234 e. The van der Waals surface area contributed by atoms with E-state index >= 15 is 0 Å². The minimum absolute atomic E-state index is 0.0811. The van der Waals surface area contributed by atoms with Gasteiger partial charge >= 0.3 is 0 Å². The van der Waals surface area contributed by atoms with Crippen molar-refractivity contribution in [1.82, 2.24) is 15.2 Å². The summed E-state index contributed by atoms with van der Waals surface area (Å²) in [6, 6.07) is 13.5. The molecule has 7 heteroatoms. The van der Waals surface area contributed by atoms with Gasteiger partial charge in [0.05, 0.1) is 12.9 Å². The lowest BCUT2D eigenvalue weighted by molar-refractivity contribution is -0.113. The zero-order chi connectivity index (χ0) is 18.5. The Kier molecular flexibility index (Phi) is 5.58. The summed E-state index contributed by atoms with van der Waals surface area (Å²) >= 11 is 1.31. The standard InChI is InChI=1S/C19H20N4O2S/c1-12-8-13(2)10-15(9-12)20-17(24)11-26-19-21-18(22-23-19)14-4-6-16(25-3)7-5-14/h4-10H,11H2,1-3H3,(H,20,24)(H,21,22,23). The molecule has 0 saturated carbocycles. The predicted octanol–water partition coefficient (Wildman–Crippen LogP) is 3.83. The minimum atomic E-state index is -0.0811. The van der Waals surface area contributed by atoms with Crippen molar-refractivity contribution in [3.8, 4) is 17.1 Å². The molecule has 3 rings (SSSR count). The van der Waals surface area contributed by atoms with Crippen LogP contribution in [0.2, 0.25) is 0 Å². The third kappa shape index (κ3) is 4.64. The third-order valence-electron chi connectivity index (χ3n) is 3.68. The van der Waals surface area contributed by atoms with Crippen LogP contribution in [0.5, 0.6) is 5.75 Å². The topological polar surface area (TPSA) is 79.9 Å². The Bertz CT molecular complexity index is 886. The highest BCUT2D eigenvalue weighted by Crippen LogP contribution is 2.22. The number of benzene rings is 2. The van der Waals surface area contributed by atoms with Crippen LogP contribution in [0.25, 0.3) is 11.4 Å². The van der Waals surface area contributed by atoms with E-state index < -0.39 is 0 Å². The number of H-pyrrole nitrogens is 1. The van der Waals surface area contributed by atoms with Gasteiger partial charge in [0.15, 0.2) is 11.0 Å². The number of thioether (sulfide) groups is 1. The second kappa shape index (κ2) is 8.05. The van der Waals surface area contributed by atoms with E-state index in [9.17, 15) is 4.79 Å². The van der Waals surface area contributed by atoms with Crippen LogP contribution in [0.15, 0.2) is 47.6 Å². The molecule has 0 spiro atoms. The van der Waals surface area contributed by atoms with Crippen LogP contribution in [0, 0.1) is 13.8 Å². The fraction of sp³-hybridized carbons (Fsp3) is 0.211. The lowest BCUT2D eigenvalue weighted by Crippen LogP contribution is -2.14. The summed E-state index contributed by atoms with van der Waals surface area (Å²) < 4.78 is 5.14. The molecule has 0 aliphatic carbocycles. The number of aromatic amines is 1. The second-order valence-electron chi connectivity index (χ2n) is 5.92. The first-order chi connectivity index (χ1) is 12.5. The number of nitrogens with one attached hydrogen (secondary N) is 2. The summed E-state index contributed by atoms with van der Waals surface area (Å²) in [4.78, 5) is 15.3. The number of nitrogens with zero attached hydrogens (tertiary/aromatic N) is 2. The summed E-state index contributed by atoms with van der Waals surface area (Å²) in [6.45, 7) is 4.01. The maximum absolute atomic E-state index is 12.1. The van der Waals surface area contributed by atoms with Crippen molar-refractivity contribution in [1.29, 1.82) is 0 Å². The molecule has 0 saturated heterocycles. The van der Waals surface area contributed by atoms with Crippen molar-refractivity contribution in [2.45, 2.75) is 19.0 Å². The van der Waals surface area contributed by atoms with Gasteiger partial charge in [0, 0.05) is 11.3 Å². The highest BCUT2D eigenvalue weighted by Gasteiger charge is 2.09. The highest BCUT2D eigenvalue weighted by molar-refractivity contribution is 7.99. The van der Waals surface area contributed by atoms with Gasteiger partial charge in [0.2, 0.25) is 5.91 Å². The van der Waals surface area contributed by atoms with E-state index in [0.717, 1.165) is 28.1 Å². The summed E-state index contributed by atoms with van der Waals surface area (Å²) in [6.07, 6.45) is 0. The zero-order valence-electron chi connectivity index (χ0n) is 14.9. The van der Waals surface area contributed by atoms with Gasteiger partial charge in [-0.05, 0) is 61.4 Å². The zero-order valence-corrected chi connectivity index (χ0v) is 15.7. The Morgan fingerprint density at radius 3 is 2.46 bits per heavy atom. The fourth-order valence-corrected chi connectivity index (χ4v) is 3.18. The molecule has 0 radical (unpaired) electrons. The van der Waals surface area contributed by atoms with Gasteiger partial charge < -0.3 is 15.0 Å². The van der Waals surface area contributed by atoms with Gasteiger partial charge in [0.25, 0.3) is 0 Å². The maximum atomic E-state index is 12.1. The number of hydrogen-bond donors (Lipinski definition) is 2. The number of anilines is 1. The molecular formula is C19H20N4O2S. The van der Waals surface area contributed by atoms with Gasteiger partial charge in [-0.2, -0.15) is 0 Å². The van der Waals surface area contributed by atoms with Crippen LogP contribution in [-0.4, -0.2) is 34.0 Å². The monoisotopic (exact) mass is 368 g/mol. The van der Waals surface area contributed by atoms with E-state index in [4.69, 9.17) is 4.74 Å². The van der Waals surface area contributed by atoms with E-state index in [1.807, 2.05) is 50.2 Å². The first-order valence-electron chi connectivity index (χ1n) is 8.11. The van der Waals surface area contributed by atoms with Crippen LogP contribution in [0.1, 0.15) is 11.1 Å². The fourth-order valence-electron chi connectivity index (χ4n) is 2.57. The number of methoxy groups -OCH3 is 1. The Morgan fingerprint density at radius 2 is 1.81 bits per heavy atom. The van der Waals surface area contributed by atoms with E-state index in [2.05, 4.69) is 26.6 Å². The quantitative estimate of drug-likeness (QED) is 0.647. The summed E-state index contributed by atoms with van der Waals surface area (Å²) in [7, 11) is 1.63. The normalized spacial score (nSPS) is 10.6. The highest BCUT2D eigenvalue weighted by atomic mass is 32.2. The number of amides is 1. The van der Waals surface area contributed by atoms with E-state index in [0.29, 0.717) is 11.0 Å². The summed E-state index contributed by atoms with van der Waals surface area (Å²) in [5.41, 5.74) is 3.95. The number of aromatic nitrogens is 3. The molecule has 2 N–H and O–H groups in total. The molecule has 1 aromatic heterocycles. The van der Waals surface area contributed by atoms with Crippen LogP contribution in [0.3, 0.4) is 0 Å². The number of carbonyl (C=O) groups excluding carboxylic acids is 1. The average Bonchev–Trinajstić information content (AvgIpc) is 3.08. The summed E-state index contributed by atoms with van der Waals surface area (Å²) in [5.74, 6) is 1.61. The SMILES string of the molecule is COc1ccc(-c2nnc(SCC(=O)Nc3cc(C)cc(C)c3)[nH]2)cc1. The number of aryl methyl sites for hydroxylation is 2. The van der Waals surface area contributed by atoms with Crippen molar-refractivity contribution >= 4 is 23.4 Å². The molecule has 2 aromatic carbocycles. The van der Waals surface area contributed by atoms with Crippen LogP contribution < -0.4 is 10.1 Å². The minimum Gasteiger partial charge on any atom is -0.497 e. The lowest BCUT2D eigenvalue weighted by atomic mass is 10.1. The Morgan fingerprint density at radius 1 is 1.12 bits per heavy atom. The van der Waals surface area contributed by atoms with E-state index in [1.165, 1.54) is 11.8 Å². The number of hydrogen-bond acceptors (Lipinski definition) is 5. The van der Waals surface area contributed by atoms with Crippen LogP contribution in [0.4, 0.5) is 5.69 Å². The number of ether oxygens (including phenoxy) is 1. The van der Waals surface area contributed by atoms with Gasteiger partial charge in [-0.15, -0.1) is 10.2 Å². The van der Waals surface area contributed by atoms with Gasteiger partial charge in [-0.1, -0.05) is 17.8 Å². The molecule has 0 unspecified atom stereocenters. The first kappa shape index (κ1) is 18.0. The molecule has 0 atom stereocenters. The average molecular weight is 368 g/mol. The Balaban J connectivity index is 1.57. The van der Waals surface area contributed by atoms with Crippen LogP contribution >= 0.6 is 11.8 Å². The van der Waals surface area contributed by atoms with Crippen LogP contribution in [-0.2, 0) is 4.79 Å². The number of rotatable bonds is 6. The molecule has 1 heterocycles. The summed E-state index contributed by atoms with van der Waals surface area (Å²) in [5, 5.41) is 11.7. The first-order valence-corrected chi connectivity index (χ1v) is 9.10. The molecule has 0 bridgehead atoms. The molecular weight excluding hydrogens is 348 g/mol. The molecule has 26 heavy (non-hydrogen) atoms. The third-order valence-corrected chi connectivity index (χ3v) is 4.54. The number of carbonyl (C=O) groups is 1. The lowest BCUT2D eigenvalue weighted by Gasteiger charge is -2.06. The Labute approximate surface area is 156 Å². The van der Waals surface area contributed by atoms with E-state index in [1.54, 1.807) is 7.11 Å². The maximum Gasteiger partial charge on any atom is 0.234 e. The molecule has 1 amide bonds. The van der Waals surface area contributed by atoms with Gasteiger partial charge in [-0.25, -0.2) is 0 Å². The van der Waals surface area contributed by atoms with Crippen molar-refractivity contribution in [3.63, 3.8) is 0 Å². The van der Waals surface area contributed by atoms with Crippen molar-refractivity contribution in [2.24, 2.45) is 0 Å². The van der Waals surface area contributed by atoms with Crippen molar-refractivity contribution in [3.05, 3.63) is 53.6 Å². The van der Waals surface area contributed by atoms with Gasteiger partial charge in [-0.3, -0.25) is 4.79 Å². The Hall–Kier alpha value is -2.80.